The zero-order chi connectivity index (χ0) is 17.9. The van der Waals surface area contributed by atoms with Crippen molar-refractivity contribution in [3.63, 3.8) is 0 Å². The molecule has 0 spiro atoms. The van der Waals surface area contributed by atoms with Crippen molar-refractivity contribution in [2.45, 2.75) is 72.5 Å². The molecule has 0 aliphatic heterocycles. The van der Waals surface area contributed by atoms with Crippen LogP contribution in [0.1, 0.15) is 27.2 Å². The van der Waals surface area contributed by atoms with E-state index in [0.717, 1.165) is 12.5 Å². The van der Waals surface area contributed by atoms with Crippen LogP contribution in [0, 0.1) is 0 Å². The minimum atomic E-state index is -2.40. The van der Waals surface area contributed by atoms with Gasteiger partial charge in [-0.25, -0.2) is 0 Å². The Labute approximate surface area is 142 Å². The zero-order valence-electron chi connectivity index (χ0n) is 16.5. The Kier molecular flexibility index (Phi) is 13.4. The summed E-state index contributed by atoms with van der Waals surface area (Å²) in [7, 11) is -3.84. The van der Waals surface area contributed by atoms with Gasteiger partial charge in [-0.3, -0.25) is 0 Å². The Morgan fingerprint density at radius 2 is 1.00 bits per heavy atom. The van der Waals surface area contributed by atoms with Gasteiger partial charge in [0, 0.05) is 41.0 Å². The molecule has 0 aromatic heterocycles. The fourth-order valence-electron chi connectivity index (χ4n) is 1.32. The molecule has 7 heteroatoms. The molecule has 0 aromatic rings. The van der Waals surface area contributed by atoms with Gasteiger partial charge >= 0.3 is 8.80 Å². The van der Waals surface area contributed by atoms with Gasteiger partial charge in [0.25, 0.3) is 0 Å². The molecule has 0 heterocycles. The molecule has 0 unspecified atom stereocenters. The lowest BCUT2D eigenvalue weighted by Gasteiger charge is -2.30. The van der Waals surface area contributed by atoms with E-state index >= 15 is 0 Å². The largest absolute Gasteiger partial charge is 0.500 e. The van der Waals surface area contributed by atoms with Crippen molar-refractivity contribution in [3.05, 3.63) is 0 Å². The lowest BCUT2D eigenvalue weighted by Crippen LogP contribution is -2.49. The van der Waals surface area contributed by atoms with Gasteiger partial charge in [0.05, 0.1) is 0 Å². The van der Waals surface area contributed by atoms with Crippen LogP contribution in [-0.2, 0) is 13.3 Å². The minimum Gasteiger partial charge on any atom is -0.374 e. The van der Waals surface area contributed by atoms with Crippen molar-refractivity contribution in [3.8, 4) is 0 Å². The van der Waals surface area contributed by atoms with E-state index in [0.29, 0.717) is 26.4 Å². The molecule has 0 atom stereocenters. The first-order valence-corrected chi connectivity index (χ1v) is 18.5. The van der Waals surface area contributed by atoms with E-state index in [4.69, 9.17) is 19.0 Å². The van der Waals surface area contributed by atoms with E-state index in [1.807, 2.05) is 20.8 Å². The van der Waals surface area contributed by atoms with Gasteiger partial charge in [-0.1, -0.05) is 39.3 Å². The van der Waals surface area contributed by atoms with Crippen LogP contribution in [0.4, 0.5) is 0 Å². The maximum absolute atomic E-state index is 5.65. The molecule has 4 nitrogen and oxygen atoms in total. The lowest BCUT2D eigenvalue weighted by molar-refractivity contribution is 0.0710. The lowest BCUT2D eigenvalue weighted by atomic mass is 10.5. The van der Waals surface area contributed by atoms with Crippen molar-refractivity contribution >= 4 is 24.0 Å². The van der Waals surface area contributed by atoms with Crippen LogP contribution in [0.2, 0.25) is 45.3 Å². The second-order valence-corrected chi connectivity index (χ2v) is 28.1. The maximum atomic E-state index is 5.65. The van der Waals surface area contributed by atoms with Crippen LogP contribution in [0.15, 0.2) is 0 Å². The Balaban J connectivity index is 0. The van der Waals surface area contributed by atoms with Crippen LogP contribution < -0.4 is 5.73 Å². The van der Waals surface area contributed by atoms with Gasteiger partial charge in [0.1, 0.15) is 0 Å². The summed E-state index contributed by atoms with van der Waals surface area (Å²) in [6.45, 7) is 23.3. The highest BCUT2D eigenvalue weighted by molar-refractivity contribution is 7.39. The summed E-state index contributed by atoms with van der Waals surface area (Å²) in [4.78, 5) is 0. The third-order valence-electron chi connectivity index (χ3n) is 4.03. The SMILES string of the molecule is CCO[Si](CCCN)(OCC)OCC.C[Si](C)(C)[Si](C)(C)C. The Bertz CT molecular complexity index is 237. The van der Waals surface area contributed by atoms with Crippen LogP contribution in [0.25, 0.3) is 0 Å². The maximum Gasteiger partial charge on any atom is 0.500 e. The standard InChI is InChI=1S/C9H23NO3Si.C6H18Si2/c1-4-11-14(12-5-2,13-6-3)9-7-8-10;1-7(2,3)8(4,5)6/h4-10H2,1-3H3;1-6H3. The summed E-state index contributed by atoms with van der Waals surface area (Å²) in [5.41, 5.74) is 5.48. The highest BCUT2D eigenvalue weighted by Crippen LogP contribution is 2.18. The molecule has 0 amide bonds. The molecule has 0 aromatic carbocycles. The number of hydrogen-bond donors (Lipinski definition) is 1. The van der Waals surface area contributed by atoms with Crippen LogP contribution in [0.5, 0.6) is 0 Å². The molecule has 0 fully saturated rings. The van der Waals surface area contributed by atoms with E-state index < -0.39 is 24.0 Å². The van der Waals surface area contributed by atoms with Gasteiger partial charge in [-0.05, 0) is 33.7 Å². The second-order valence-electron chi connectivity index (χ2n) is 7.37. The number of hydrogen-bond acceptors (Lipinski definition) is 4. The molecule has 0 aliphatic carbocycles. The molecule has 2 N–H and O–H groups in total. The van der Waals surface area contributed by atoms with Gasteiger partial charge in [0.2, 0.25) is 0 Å². The third kappa shape index (κ3) is 11.1. The molecule has 0 rings (SSSR count). The van der Waals surface area contributed by atoms with Crippen molar-refractivity contribution < 1.29 is 13.3 Å². The predicted molar refractivity (Wildman–Crippen MR) is 106 cm³/mol. The van der Waals surface area contributed by atoms with Crippen LogP contribution in [0.3, 0.4) is 0 Å². The fraction of sp³-hybridized carbons (Fsp3) is 1.00. The Morgan fingerprint density at radius 3 is 1.18 bits per heavy atom. The van der Waals surface area contributed by atoms with E-state index in [1.54, 1.807) is 0 Å². The highest BCUT2D eigenvalue weighted by Gasteiger charge is 2.39. The summed E-state index contributed by atoms with van der Waals surface area (Å²) >= 11 is 0. The number of rotatable bonds is 10. The first-order valence-electron chi connectivity index (χ1n) is 8.61. The summed E-state index contributed by atoms with van der Waals surface area (Å²) in [5, 5.41) is 0. The third-order valence-corrected chi connectivity index (χ3v) is 25.2. The topological polar surface area (TPSA) is 53.7 Å². The monoisotopic (exact) mass is 367 g/mol. The van der Waals surface area contributed by atoms with Crippen LogP contribution >= 0.6 is 0 Å². The Hall–Kier alpha value is 0.491. The minimum absolute atomic E-state index is 0.636. The van der Waals surface area contributed by atoms with Crippen LogP contribution in [-0.4, -0.2) is 50.4 Å². The Morgan fingerprint density at radius 1 is 0.682 bits per heavy atom. The smallest absolute Gasteiger partial charge is 0.374 e. The molecule has 0 radical (unpaired) electrons. The van der Waals surface area contributed by atoms with Gasteiger partial charge in [-0.15, -0.1) is 0 Å². The van der Waals surface area contributed by atoms with E-state index in [-0.39, 0.29) is 0 Å². The average molecular weight is 368 g/mol. The second kappa shape index (κ2) is 11.9. The van der Waals surface area contributed by atoms with Crippen molar-refractivity contribution in [1.29, 1.82) is 0 Å². The van der Waals surface area contributed by atoms with Gasteiger partial charge < -0.3 is 19.0 Å². The molecular weight excluding hydrogens is 326 g/mol. The van der Waals surface area contributed by atoms with Crippen molar-refractivity contribution in [1.82, 2.24) is 0 Å². The summed E-state index contributed by atoms with van der Waals surface area (Å²) in [6, 6.07) is 0.818. The quantitative estimate of drug-likeness (QED) is 0.590. The van der Waals surface area contributed by atoms with Crippen molar-refractivity contribution in [2.24, 2.45) is 5.73 Å². The summed E-state index contributed by atoms with van der Waals surface area (Å²) < 4.78 is 17.0. The summed E-state index contributed by atoms with van der Waals surface area (Å²) in [6.07, 6.45) is 0.895. The molecular formula is C15H41NO3Si3. The van der Waals surface area contributed by atoms with E-state index in [2.05, 4.69) is 39.3 Å². The van der Waals surface area contributed by atoms with E-state index in [9.17, 15) is 0 Å². The predicted octanol–water partition coefficient (Wildman–Crippen LogP) is 4.12. The highest BCUT2D eigenvalue weighted by atomic mass is 29.3. The first-order chi connectivity index (χ1) is 9.99. The first kappa shape index (κ1) is 24.7. The molecule has 0 saturated heterocycles. The van der Waals surface area contributed by atoms with Gasteiger partial charge in [-0.2, -0.15) is 0 Å². The zero-order valence-corrected chi connectivity index (χ0v) is 19.5. The summed E-state index contributed by atoms with van der Waals surface area (Å²) in [5.74, 6) is 0. The average Bonchev–Trinajstić information content (AvgIpc) is 2.36. The van der Waals surface area contributed by atoms with E-state index in [1.165, 1.54) is 0 Å². The van der Waals surface area contributed by atoms with Crippen molar-refractivity contribution in [2.75, 3.05) is 26.4 Å². The normalized spacial score (nSPS) is 12.8. The molecule has 0 aliphatic rings. The molecule has 0 bridgehead atoms. The molecule has 0 saturated carbocycles. The number of nitrogens with two attached hydrogens (primary N) is 1. The molecule has 22 heavy (non-hydrogen) atoms. The molecule has 136 valence electrons. The van der Waals surface area contributed by atoms with Gasteiger partial charge in [0.15, 0.2) is 0 Å². The fourth-order valence-corrected chi connectivity index (χ4v) is 3.96.